The van der Waals surface area contributed by atoms with Crippen LogP contribution in [0.5, 0.6) is 0 Å². The number of hydrogen-bond donors (Lipinski definition) is 2. The minimum absolute atomic E-state index is 0.681. The number of hydrogen-bond acceptors (Lipinski definition) is 5. The van der Waals surface area contributed by atoms with Crippen molar-refractivity contribution in [2.24, 2.45) is 0 Å². The van der Waals surface area contributed by atoms with Crippen LogP contribution in [0.2, 0.25) is 0 Å². The van der Waals surface area contributed by atoms with E-state index in [0.29, 0.717) is 17.4 Å². The topological polar surface area (TPSA) is 67.1 Å². The Labute approximate surface area is 110 Å². The largest absolute Gasteiger partial charge is 0.357 e. The van der Waals surface area contributed by atoms with E-state index in [1.165, 1.54) is 5.56 Å². The molecule has 0 radical (unpaired) electrons. The van der Waals surface area contributed by atoms with Crippen molar-refractivity contribution in [3.8, 4) is 0 Å². The molecule has 2 heterocycles. The Hall–Kier alpha value is -2.63. The third-order valence-corrected chi connectivity index (χ3v) is 2.86. The molecule has 0 unspecified atom stereocenters. The molecule has 3 rings (SSSR count). The summed E-state index contributed by atoms with van der Waals surface area (Å²) in [6, 6.07) is 8.11. The second-order valence-electron chi connectivity index (χ2n) is 4.23. The summed E-state index contributed by atoms with van der Waals surface area (Å²) in [6.45, 7) is 2.06. The number of aryl methyl sites for hydroxylation is 1. The molecule has 96 valence electrons. The monoisotopic (exact) mass is 254 g/mol. The second kappa shape index (κ2) is 4.56. The van der Waals surface area contributed by atoms with Crippen molar-refractivity contribution < 1.29 is 0 Å². The van der Waals surface area contributed by atoms with Crippen LogP contribution in [-0.2, 0) is 0 Å². The van der Waals surface area contributed by atoms with Gasteiger partial charge in [-0.2, -0.15) is 0 Å². The van der Waals surface area contributed by atoms with Crippen LogP contribution in [0.3, 0.4) is 0 Å². The molecule has 0 bridgehead atoms. The number of nitrogens with one attached hydrogen (secondary N) is 2. The summed E-state index contributed by atoms with van der Waals surface area (Å²) < 4.78 is 1.85. The molecule has 0 saturated heterocycles. The smallest absolute Gasteiger partial charge is 0.228 e. The number of aromatic nitrogens is 4. The zero-order valence-electron chi connectivity index (χ0n) is 10.8. The molecule has 0 amide bonds. The van der Waals surface area contributed by atoms with Gasteiger partial charge < -0.3 is 10.6 Å². The third kappa shape index (κ3) is 2.08. The highest BCUT2D eigenvalue weighted by Gasteiger charge is 2.09. The van der Waals surface area contributed by atoms with Gasteiger partial charge in [0.1, 0.15) is 0 Å². The first-order valence-electron chi connectivity index (χ1n) is 5.99. The first-order valence-corrected chi connectivity index (χ1v) is 5.99. The van der Waals surface area contributed by atoms with E-state index >= 15 is 0 Å². The molecule has 0 aliphatic carbocycles. The molecule has 2 aromatic heterocycles. The Bertz CT molecular complexity index is 701. The number of benzene rings is 1. The molecule has 19 heavy (non-hydrogen) atoms. The molecule has 0 saturated carbocycles. The van der Waals surface area contributed by atoms with Crippen molar-refractivity contribution in [2.75, 3.05) is 17.7 Å². The van der Waals surface area contributed by atoms with Crippen molar-refractivity contribution in [1.29, 1.82) is 0 Å². The van der Waals surface area contributed by atoms with Crippen LogP contribution in [0.25, 0.3) is 5.65 Å². The fraction of sp³-hybridized carbons (Fsp3) is 0.154. The molecule has 6 nitrogen and oxygen atoms in total. The van der Waals surface area contributed by atoms with Gasteiger partial charge in [0.05, 0.1) is 0 Å². The van der Waals surface area contributed by atoms with Crippen molar-refractivity contribution in [3.63, 3.8) is 0 Å². The minimum Gasteiger partial charge on any atom is -0.357 e. The maximum absolute atomic E-state index is 4.31. The lowest BCUT2D eigenvalue weighted by atomic mass is 10.2. The van der Waals surface area contributed by atoms with E-state index in [4.69, 9.17) is 0 Å². The van der Waals surface area contributed by atoms with Crippen molar-refractivity contribution in [2.45, 2.75) is 6.92 Å². The van der Waals surface area contributed by atoms with Gasteiger partial charge in [-0.15, -0.1) is 10.2 Å². The first kappa shape index (κ1) is 11.5. The number of nitrogens with zero attached hydrogens (tertiary/aromatic N) is 4. The summed E-state index contributed by atoms with van der Waals surface area (Å²) in [4.78, 5) is 4.31. The molecule has 2 N–H and O–H groups in total. The van der Waals surface area contributed by atoms with Crippen molar-refractivity contribution >= 4 is 23.1 Å². The van der Waals surface area contributed by atoms with Crippen molar-refractivity contribution in [3.05, 3.63) is 42.2 Å². The number of anilines is 3. The summed E-state index contributed by atoms with van der Waals surface area (Å²) in [7, 11) is 1.81. The van der Waals surface area contributed by atoms with Gasteiger partial charge >= 0.3 is 0 Å². The third-order valence-electron chi connectivity index (χ3n) is 2.86. The van der Waals surface area contributed by atoms with E-state index in [0.717, 1.165) is 5.69 Å². The summed E-state index contributed by atoms with van der Waals surface area (Å²) in [5.74, 6) is 1.37. The molecular formula is C13H14N6. The van der Waals surface area contributed by atoms with Gasteiger partial charge in [-0.05, 0) is 19.1 Å². The zero-order valence-corrected chi connectivity index (χ0v) is 10.8. The molecular weight excluding hydrogens is 240 g/mol. The molecule has 0 fully saturated rings. The standard InChI is InChI=1S/C13H14N6/c1-9-3-5-10(6-4-9)16-11-12-17-18-13(14-2)19(12)8-7-15-11/h3-8H,1-2H3,(H,14,18)(H,15,16). The fourth-order valence-electron chi connectivity index (χ4n) is 1.86. The minimum atomic E-state index is 0.681. The first-order chi connectivity index (χ1) is 9.28. The Kier molecular flexibility index (Phi) is 2.75. The molecule has 3 aromatic rings. The van der Waals surface area contributed by atoms with Gasteiger partial charge in [0.15, 0.2) is 5.82 Å². The maximum Gasteiger partial charge on any atom is 0.228 e. The van der Waals surface area contributed by atoms with Gasteiger partial charge in [0.2, 0.25) is 11.6 Å². The average molecular weight is 254 g/mol. The van der Waals surface area contributed by atoms with E-state index in [-0.39, 0.29) is 0 Å². The quantitative estimate of drug-likeness (QED) is 0.750. The lowest BCUT2D eigenvalue weighted by molar-refractivity contribution is 1.09. The molecule has 0 atom stereocenters. The molecule has 0 spiro atoms. The van der Waals surface area contributed by atoms with E-state index in [2.05, 4.69) is 32.7 Å². The fourth-order valence-corrected chi connectivity index (χ4v) is 1.86. The zero-order chi connectivity index (χ0) is 13.2. The maximum atomic E-state index is 4.31. The lowest BCUT2D eigenvalue weighted by Gasteiger charge is -2.06. The number of fused-ring (bicyclic) bond motifs is 1. The second-order valence-corrected chi connectivity index (χ2v) is 4.23. The van der Waals surface area contributed by atoms with E-state index < -0.39 is 0 Å². The molecule has 0 aliphatic heterocycles. The van der Waals surface area contributed by atoms with Crippen LogP contribution in [0, 0.1) is 6.92 Å². The summed E-state index contributed by atoms with van der Waals surface area (Å²) in [5.41, 5.74) is 2.88. The van der Waals surface area contributed by atoms with Crippen LogP contribution in [0.15, 0.2) is 36.7 Å². The van der Waals surface area contributed by atoms with E-state index in [9.17, 15) is 0 Å². The van der Waals surface area contributed by atoms with Gasteiger partial charge in [0.25, 0.3) is 0 Å². The van der Waals surface area contributed by atoms with Gasteiger partial charge in [-0.25, -0.2) is 4.98 Å². The summed E-state index contributed by atoms with van der Waals surface area (Å²) >= 11 is 0. The predicted molar refractivity (Wildman–Crippen MR) is 74.8 cm³/mol. The Morgan fingerprint density at radius 1 is 1.11 bits per heavy atom. The Balaban J connectivity index is 2.01. The Morgan fingerprint density at radius 2 is 1.89 bits per heavy atom. The normalized spacial score (nSPS) is 10.6. The molecule has 0 aliphatic rings. The van der Waals surface area contributed by atoms with Crippen LogP contribution in [0.4, 0.5) is 17.5 Å². The lowest BCUT2D eigenvalue weighted by Crippen LogP contribution is -1.99. The highest BCUT2D eigenvalue weighted by Crippen LogP contribution is 2.19. The SMILES string of the molecule is CNc1nnc2c(Nc3ccc(C)cc3)nccn12. The van der Waals surface area contributed by atoms with E-state index in [1.54, 1.807) is 6.20 Å². The average Bonchev–Trinajstić information content (AvgIpc) is 2.85. The van der Waals surface area contributed by atoms with E-state index in [1.807, 2.05) is 41.9 Å². The van der Waals surface area contributed by atoms with Gasteiger partial charge in [0, 0.05) is 25.1 Å². The van der Waals surface area contributed by atoms with Crippen LogP contribution in [-0.4, -0.2) is 26.6 Å². The van der Waals surface area contributed by atoms with Crippen molar-refractivity contribution in [1.82, 2.24) is 19.6 Å². The summed E-state index contributed by atoms with van der Waals surface area (Å²) in [5, 5.41) is 14.4. The highest BCUT2D eigenvalue weighted by molar-refractivity contribution is 5.70. The number of rotatable bonds is 3. The predicted octanol–water partition coefficient (Wildman–Crippen LogP) is 2.22. The van der Waals surface area contributed by atoms with Crippen LogP contribution < -0.4 is 10.6 Å². The highest BCUT2D eigenvalue weighted by atomic mass is 15.3. The van der Waals surface area contributed by atoms with Crippen LogP contribution >= 0.6 is 0 Å². The van der Waals surface area contributed by atoms with Gasteiger partial charge in [-0.3, -0.25) is 4.40 Å². The van der Waals surface area contributed by atoms with Gasteiger partial charge in [-0.1, -0.05) is 17.7 Å². The molecule has 6 heteroatoms. The summed E-state index contributed by atoms with van der Waals surface area (Å²) in [6.07, 6.45) is 3.54. The molecule has 1 aromatic carbocycles. The van der Waals surface area contributed by atoms with Crippen LogP contribution in [0.1, 0.15) is 5.56 Å². The Morgan fingerprint density at radius 3 is 2.63 bits per heavy atom.